The lowest BCUT2D eigenvalue weighted by molar-refractivity contribution is 0.104. The van der Waals surface area contributed by atoms with Gasteiger partial charge in [0.25, 0.3) is 0 Å². The number of aromatic nitrogens is 1. The highest BCUT2D eigenvalue weighted by atomic mass is 16.1. The molecule has 0 bridgehead atoms. The van der Waals surface area contributed by atoms with Crippen LogP contribution in [0.5, 0.6) is 0 Å². The van der Waals surface area contributed by atoms with Gasteiger partial charge in [0.1, 0.15) is 0 Å². The second kappa shape index (κ2) is 4.80. The zero-order chi connectivity index (χ0) is 15.0. The van der Waals surface area contributed by atoms with E-state index in [2.05, 4.69) is 11.1 Å². The molecule has 0 spiro atoms. The van der Waals surface area contributed by atoms with Crippen LogP contribution in [0.2, 0.25) is 0 Å². The number of ketones is 1. The molecular weight excluding hydrogens is 262 g/mol. The molecule has 3 aromatic rings. The van der Waals surface area contributed by atoms with E-state index in [0.29, 0.717) is 22.4 Å². The van der Waals surface area contributed by atoms with Gasteiger partial charge in [-0.3, -0.25) is 4.79 Å². The molecule has 1 heterocycles. The summed E-state index contributed by atoms with van der Waals surface area (Å²) < 4.78 is 0. The molecule has 4 nitrogen and oxygen atoms in total. The fraction of sp³-hybridized carbons (Fsp3) is 0.0588. The van der Waals surface area contributed by atoms with Crippen molar-refractivity contribution in [1.29, 1.82) is 5.26 Å². The summed E-state index contributed by atoms with van der Waals surface area (Å²) in [6.07, 6.45) is 1.67. The molecule has 21 heavy (non-hydrogen) atoms. The fourth-order valence-corrected chi connectivity index (χ4v) is 2.51. The smallest absolute Gasteiger partial charge is 0.197 e. The molecule has 4 heteroatoms. The third-order valence-electron chi connectivity index (χ3n) is 3.59. The Morgan fingerprint density at radius 1 is 1.29 bits per heavy atom. The molecule has 3 N–H and O–H groups in total. The number of aromatic amines is 1. The number of hydrogen-bond donors (Lipinski definition) is 2. The normalized spacial score (nSPS) is 10.5. The molecule has 0 aliphatic rings. The third kappa shape index (κ3) is 2.05. The van der Waals surface area contributed by atoms with Crippen molar-refractivity contribution < 1.29 is 4.79 Å². The Hall–Kier alpha value is -3.06. The predicted octanol–water partition coefficient (Wildman–Crippen LogP) is 3.16. The average molecular weight is 275 g/mol. The maximum absolute atomic E-state index is 12.8. The number of fused-ring (bicyclic) bond motifs is 1. The van der Waals surface area contributed by atoms with Crippen LogP contribution in [-0.4, -0.2) is 10.8 Å². The maximum Gasteiger partial charge on any atom is 0.197 e. The summed E-state index contributed by atoms with van der Waals surface area (Å²) in [6.45, 7) is 1.86. The minimum atomic E-state index is -0.132. The number of aryl methyl sites for hydroxylation is 1. The molecule has 0 aliphatic heterocycles. The van der Waals surface area contributed by atoms with Gasteiger partial charge in [0.2, 0.25) is 0 Å². The molecule has 0 amide bonds. The Morgan fingerprint density at radius 2 is 2.10 bits per heavy atom. The van der Waals surface area contributed by atoms with Crippen molar-refractivity contribution in [1.82, 2.24) is 4.98 Å². The SMILES string of the molecule is Cc1cccc(N)c1C(=O)c1c[nH]c2ccc(C#N)cc12. The topological polar surface area (TPSA) is 82.7 Å². The van der Waals surface area contributed by atoms with Crippen molar-refractivity contribution in [3.8, 4) is 6.07 Å². The number of H-pyrrole nitrogens is 1. The Labute approximate surface area is 121 Å². The minimum absolute atomic E-state index is 0.132. The van der Waals surface area contributed by atoms with Crippen LogP contribution < -0.4 is 5.73 Å². The van der Waals surface area contributed by atoms with E-state index in [4.69, 9.17) is 11.0 Å². The standard InChI is InChI=1S/C17H13N3O/c1-10-3-2-4-14(19)16(10)17(21)13-9-20-15-6-5-11(8-18)7-12(13)15/h2-7,9,20H,19H2,1H3. The molecule has 0 atom stereocenters. The first kappa shape index (κ1) is 12.9. The zero-order valence-corrected chi connectivity index (χ0v) is 11.5. The van der Waals surface area contributed by atoms with E-state index < -0.39 is 0 Å². The zero-order valence-electron chi connectivity index (χ0n) is 11.5. The van der Waals surface area contributed by atoms with Gasteiger partial charge in [0, 0.05) is 33.9 Å². The number of nitrogens with one attached hydrogen (secondary N) is 1. The average Bonchev–Trinajstić information content (AvgIpc) is 2.89. The van der Waals surface area contributed by atoms with Gasteiger partial charge in [-0.25, -0.2) is 0 Å². The number of carbonyl (C=O) groups excluding carboxylic acids is 1. The van der Waals surface area contributed by atoms with E-state index in [1.165, 1.54) is 0 Å². The van der Waals surface area contributed by atoms with Gasteiger partial charge in [-0.15, -0.1) is 0 Å². The number of nitrogen functional groups attached to an aromatic ring is 1. The lowest BCUT2D eigenvalue weighted by atomic mass is 9.96. The van der Waals surface area contributed by atoms with Gasteiger partial charge < -0.3 is 10.7 Å². The van der Waals surface area contributed by atoms with E-state index >= 15 is 0 Å². The number of nitriles is 1. The number of nitrogens with zero attached hydrogens (tertiary/aromatic N) is 1. The molecule has 1 aromatic heterocycles. The molecule has 0 unspecified atom stereocenters. The quantitative estimate of drug-likeness (QED) is 0.556. The molecule has 0 fully saturated rings. The van der Waals surface area contributed by atoms with Crippen LogP contribution in [0.4, 0.5) is 5.69 Å². The van der Waals surface area contributed by atoms with Crippen molar-refractivity contribution in [3.05, 3.63) is 64.8 Å². The highest BCUT2D eigenvalue weighted by Gasteiger charge is 2.18. The maximum atomic E-state index is 12.8. The molecule has 0 saturated carbocycles. The van der Waals surface area contributed by atoms with E-state index in [1.54, 1.807) is 30.5 Å². The van der Waals surface area contributed by atoms with Gasteiger partial charge in [0.15, 0.2) is 5.78 Å². The molecule has 0 radical (unpaired) electrons. The second-order valence-electron chi connectivity index (χ2n) is 4.94. The number of anilines is 1. The summed E-state index contributed by atoms with van der Waals surface area (Å²) in [5, 5.41) is 9.74. The monoisotopic (exact) mass is 275 g/mol. The highest BCUT2D eigenvalue weighted by molar-refractivity contribution is 6.19. The second-order valence-corrected chi connectivity index (χ2v) is 4.94. The van der Waals surface area contributed by atoms with Gasteiger partial charge in [-0.1, -0.05) is 12.1 Å². The number of benzene rings is 2. The lowest BCUT2D eigenvalue weighted by Crippen LogP contribution is -2.07. The van der Waals surface area contributed by atoms with E-state index in [9.17, 15) is 4.79 Å². The van der Waals surface area contributed by atoms with E-state index in [-0.39, 0.29) is 5.78 Å². The van der Waals surface area contributed by atoms with Crippen molar-refractivity contribution in [2.75, 3.05) is 5.73 Å². The molecular formula is C17H13N3O. The van der Waals surface area contributed by atoms with Crippen LogP contribution in [0.15, 0.2) is 42.6 Å². The highest BCUT2D eigenvalue weighted by Crippen LogP contribution is 2.26. The summed E-state index contributed by atoms with van der Waals surface area (Å²) in [4.78, 5) is 15.8. The third-order valence-corrected chi connectivity index (χ3v) is 3.59. The molecule has 0 aliphatic carbocycles. The van der Waals surface area contributed by atoms with Crippen LogP contribution >= 0.6 is 0 Å². The summed E-state index contributed by atoms with van der Waals surface area (Å²) in [7, 11) is 0. The lowest BCUT2D eigenvalue weighted by Gasteiger charge is -2.07. The molecule has 2 aromatic carbocycles. The number of hydrogen-bond acceptors (Lipinski definition) is 3. The number of carbonyl (C=O) groups is 1. The summed E-state index contributed by atoms with van der Waals surface area (Å²) in [5.74, 6) is -0.132. The van der Waals surface area contributed by atoms with Gasteiger partial charge in [-0.2, -0.15) is 5.26 Å². The Morgan fingerprint density at radius 3 is 2.81 bits per heavy atom. The van der Waals surface area contributed by atoms with Gasteiger partial charge >= 0.3 is 0 Å². The van der Waals surface area contributed by atoms with Crippen molar-refractivity contribution in [2.24, 2.45) is 0 Å². The summed E-state index contributed by atoms with van der Waals surface area (Å²) in [6, 6.07) is 12.7. The fourth-order valence-electron chi connectivity index (χ4n) is 2.51. The molecule has 0 saturated heterocycles. The minimum Gasteiger partial charge on any atom is -0.398 e. The number of nitrogens with two attached hydrogens (primary N) is 1. The first-order valence-electron chi connectivity index (χ1n) is 6.53. The van der Waals surface area contributed by atoms with Crippen LogP contribution in [0.3, 0.4) is 0 Å². The van der Waals surface area contributed by atoms with Gasteiger partial charge in [0.05, 0.1) is 11.6 Å². The first-order chi connectivity index (χ1) is 10.1. The van der Waals surface area contributed by atoms with E-state index in [0.717, 1.165) is 16.5 Å². The van der Waals surface area contributed by atoms with Crippen LogP contribution in [-0.2, 0) is 0 Å². The van der Waals surface area contributed by atoms with Crippen molar-refractivity contribution in [2.45, 2.75) is 6.92 Å². The molecule has 3 rings (SSSR count). The predicted molar refractivity (Wildman–Crippen MR) is 82.0 cm³/mol. The summed E-state index contributed by atoms with van der Waals surface area (Å²) in [5.41, 5.74) is 9.64. The number of rotatable bonds is 2. The van der Waals surface area contributed by atoms with Crippen molar-refractivity contribution >= 4 is 22.4 Å². The van der Waals surface area contributed by atoms with Crippen LogP contribution in [0, 0.1) is 18.3 Å². The summed E-state index contributed by atoms with van der Waals surface area (Å²) >= 11 is 0. The molecule has 102 valence electrons. The Bertz CT molecular complexity index is 880. The van der Waals surface area contributed by atoms with Crippen molar-refractivity contribution in [3.63, 3.8) is 0 Å². The van der Waals surface area contributed by atoms with E-state index in [1.807, 2.05) is 19.1 Å². The Kier molecular flexibility index (Phi) is 2.96. The van der Waals surface area contributed by atoms with Crippen LogP contribution in [0.25, 0.3) is 10.9 Å². The van der Waals surface area contributed by atoms with Gasteiger partial charge in [-0.05, 0) is 36.8 Å². The first-order valence-corrected chi connectivity index (χ1v) is 6.53. The largest absolute Gasteiger partial charge is 0.398 e. The Balaban J connectivity index is 2.21. The van der Waals surface area contributed by atoms with Crippen LogP contribution in [0.1, 0.15) is 27.0 Å².